The number of primary amides is 1. The Morgan fingerprint density at radius 2 is 2.36 bits per heavy atom. The molecule has 0 unspecified atom stereocenters. The molecule has 0 aliphatic carbocycles. The van der Waals surface area contributed by atoms with E-state index in [4.69, 9.17) is 5.73 Å². The fraction of sp³-hybridized carbons (Fsp3) is 0.222. The Bertz CT molecular complexity index is 492. The molecule has 5 heteroatoms. The summed E-state index contributed by atoms with van der Waals surface area (Å²) in [4.78, 5) is 19.9. The summed E-state index contributed by atoms with van der Waals surface area (Å²) in [5.74, 6) is -0.365. The van der Waals surface area contributed by atoms with Crippen LogP contribution in [0.5, 0.6) is 0 Å². The van der Waals surface area contributed by atoms with Crippen LogP contribution < -0.4 is 5.73 Å². The van der Waals surface area contributed by atoms with E-state index in [2.05, 4.69) is 9.97 Å². The molecule has 2 N–H and O–H groups in total. The molecule has 1 amide bonds. The Labute approximate surface area is 84.8 Å². The maximum Gasteiger partial charge on any atom is 0.223 e. The molecule has 4 nitrogen and oxygen atoms in total. The molecule has 0 spiro atoms. The average Bonchev–Trinajstić information content (AvgIpc) is 2.48. The van der Waals surface area contributed by atoms with E-state index in [-0.39, 0.29) is 12.3 Å². The second kappa shape index (κ2) is 3.34. The normalized spacial score (nSPS) is 10.6. The highest BCUT2D eigenvalue weighted by Gasteiger charge is 2.09. The Hall–Kier alpha value is -1.49. The molecule has 0 aromatic carbocycles. The zero-order valence-electron chi connectivity index (χ0n) is 7.65. The summed E-state index contributed by atoms with van der Waals surface area (Å²) in [6.07, 6.45) is 1.65. The van der Waals surface area contributed by atoms with Crippen molar-refractivity contribution in [2.45, 2.75) is 13.3 Å². The van der Waals surface area contributed by atoms with Crippen molar-refractivity contribution in [3.05, 3.63) is 23.0 Å². The maximum absolute atomic E-state index is 10.8. The van der Waals surface area contributed by atoms with Gasteiger partial charge in [0.25, 0.3) is 0 Å². The van der Waals surface area contributed by atoms with Gasteiger partial charge in [-0.25, -0.2) is 9.97 Å². The van der Waals surface area contributed by atoms with Crippen LogP contribution in [-0.4, -0.2) is 15.9 Å². The van der Waals surface area contributed by atoms with E-state index in [1.165, 1.54) is 6.33 Å². The molecule has 0 fully saturated rings. The first-order chi connectivity index (χ1) is 6.68. The Kier molecular flexibility index (Phi) is 2.17. The quantitative estimate of drug-likeness (QED) is 0.799. The predicted octanol–water partition coefficient (Wildman–Crippen LogP) is 1.03. The number of carbonyl (C=O) groups is 1. The first-order valence-corrected chi connectivity index (χ1v) is 5.02. The SMILES string of the molecule is Cc1csc2ncnc(CC(N)=O)c12. The number of thiophene rings is 1. The van der Waals surface area contributed by atoms with Gasteiger partial charge in [0, 0.05) is 5.39 Å². The lowest BCUT2D eigenvalue weighted by atomic mass is 10.1. The maximum atomic E-state index is 10.8. The number of carbonyl (C=O) groups excluding carboxylic acids is 1. The lowest BCUT2D eigenvalue weighted by Crippen LogP contribution is -2.14. The molecule has 0 aliphatic rings. The number of aryl methyl sites for hydroxylation is 1. The molecule has 0 saturated carbocycles. The van der Waals surface area contributed by atoms with Crippen LogP contribution in [0.25, 0.3) is 10.2 Å². The third-order valence-electron chi connectivity index (χ3n) is 1.97. The van der Waals surface area contributed by atoms with Crippen LogP contribution in [0.15, 0.2) is 11.7 Å². The van der Waals surface area contributed by atoms with Gasteiger partial charge >= 0.3 is 0 Å². The number of hydrogen-bond acceptors (Lipinski definition) is 4. The second-order valence-electron chi connectivity index (χ2n) is 3.06. The highest BCUT2D eigenvalue weighted by Crippen LogP contribution is 2.25. The van der Waals surface area contributed by atoms with Crippen molar-refractivity contribution in [1.82, 2.24) is 9.97 Å². The third-order valence-corrected chi connectivity index (χ3v) is 2.98. The number of fused-ring (bicyclic) bond motifs is 1. The minimum absolute atomic E-state index is 0.177. The number of rotatable bonds is 2. The molecule has 0 saturated heterocycles. The molecule has 0 radical (unpaired) electrons. The average molecular weight is 207 g/mol. The molecular formula is C9H9N3OS. The van der Waals surface area contributed by atoms with Crippen LogP contribution in [0.1, 0.15) is 11.3 Å². The number of nitrogens with zero attached hydrogens (tertiary/aromatic N) is 2. The molecule has 2 heterocycles. The van der Waals surface area contributed by atoms with Crippen LogP contribution in [-0.2, 0) is 11.2 Å². The summed E-state index contributed by atoms with van der Waals surface area (Å²) in [6.45, 7) is 1.98. The van der Waals surface area contributed by atoms with Gasteiger partial charge in [-0.15, -0.1) is 11.3 Å². The van der Waals surface area contributed by atoms with Crippen molar-refractivity contribution in [2.24, 2.45) is 5.73 Å². The van der Waals surface area contributed by atoms with Gasteiger partial charge in [-0.2, -0.15) is 0 Å². The summed E-state index contributed by atoms with van der Waals surface area (Å²) >= 11 is 1.55. The van der Waals surface area contributed by atoms with Crippen LogP contribution in [0, 0.1) is 6.92 Å². The highest BCUT2D eigenvalue weighted by atomic mass is 32.1. The zero-order chi connectivity index (χ0) is 10.1. The molecule has 2 aromatic heterocycles. The molecule has 2 aromatic rings. The summed E-state index contributed by atoms with van der Waals surface area (Å²) in [5, 5.41) is 2.97. The van der Waals surface area contributed by atoms with Crippen molar-refractivity contribution >= 4 is 27.5 Å². The Morgan fingerprint density at radius 3 is 3.07 bits per heavy atom. The van der Waals surface area contributed by atoms with Gasteiger partial charge in [0.05, 0.1) is 12.1 Å². The van der Waals surface area contributed by atoms with Gasteiger partial charge in [-0.1, -0.05) is 0 Å². The number of hydrogen-bond donors (Lipinski definition) is 1. The summed E-state index contributed by atoms with van der Waals surface area (Å²) in [7, 11) is 0. The predicted molar refractivity (Wildman–Crippen MR) is 55.1 cm³/mol. The highest BCUT2D eigenvalue weighted by molar-refractivity contribution is 7.16. The van der Waals surface area contributed by atoms with Crippen LogP contribution >= 0.6 is 11.3 Å². The minimum atomic E-state index is -0.365. The van der Waals surface area contributed by atoms with Crippen molar-refractivity contribution in [3.63, 3.8) is 0 Å². The molecule has 0 atom stereocenters. The van der Waals surface area contributed by atoms with Crippen LogP contribution in [0.2, 0.25) is 0 Å². The van der Waals surface area contributed by atoms with Gasteiger partial charge in [-0.3, -0.25) is 4.79 Å². The standard InChI is InChI=1S/C9H9N3OS/c1-5-3-14-9-8(5)6(2-7(10)13)11-4-12-9/h3-4H,2H2,1H3,(H2,10,13). The molecular weight excluding hydrogens is 198 g/mol. The first kappa shape index (κ1) is 9.08. The van der Waals surface area contributed by atoms with Crippen molar-refractivity contribution in [3.8, 4) is 0 Å². The fourth-order valence-electron chi connectivity index (χ4n) is 1.39. The van der Waals surface area contributed by atoms with Crippen molar-refractivity contribution < 1.29 is 4.79 Å². The van der Waals surface area contributed by atoms with E-state index in [9.17, 15) is 4.79 Å². The lowest BCUT2D eigenvalue weighted by Gasteiger charge is -1.99. The zero-order valence-corrected chi connectivity index (χ0v) is 8.47. The third kappa shape index (κ3) is 1.46. The molecule has 0 bridgehead atoms. The van der Waals surface area contributed by atoms with Gasteiger partial charge in [0.2, 0.25) is 5.91 Å². The molecule has 72 valence electrons. The van der Waals surface area contributed by atoms with E-state index in [1.807, 2.05) is 12.3 Å². The van der Waals surface area contributed by atoms with Crippen molar-refractivity contribution in [1.29, 1.82) is 0 Å². The number of amides is 1. The van der Waals surface area contributed by atoms with E-state index < -0.39 is 0 Å². The van der Waals surface area contributed by atoms with E-state index >= 15 is 0 Å². The number of nitrogens with two attached hydrogens (primary N) is 1. The summed E-state index contributed by atoms with van der Waals surface area (Å²) in [5.41, 5.74) is 6.96. The van der Waals surface area contributed by atoms with Crippen LogP contribution in [0.3, 0.4) is 0 Å². The van der Waals surface area contributed by atoms with E-state index in [0.29, 0.717) is 0 Å². The monoisotopic (exact) mass is 207 g/mol. The van der Waals surface area contributed by atoms with Gasteiger partial charge < -0.3 is 5.73 Å². The Balaban J connectivity index is 2.63. The summed E-state index contributed by atoms with van der Waals surface area (Å²) < 4.78 is 0. The van der Waals surface area contributed by atoms with Gasteiger partial charge in [0.15, 0.2) is 0 Å². The lowest BCUT2D eigenvalue weighted by molar-refractivity contribution is -0.117. The van der Waals surface area contributed by atoms with E-state index in [1.54, 1.807) is 11.3 Å². The van der Waals surface area contributed by atoms with E-state index in [0.717, 1.165) is 21.5 Å². The van der Waals surface area contributed by atoms with Gasteiger partial charge in [-0.05, 0) is 17.9 Å². The largest absolute Gasteiger partial charge is 0.369 e. The fourth-order valence-corrected chi connectivity index (χ4v) is 2.30. The molecule has 2 rings (SSSR count). The van der Waals surface area contributed by atoms with Crippen molar-refractivity contribution in [2.75, 3.05) is 0 Å². The second-order valence-corrected chi connectivity index (χ2v) is 3.92. The number of aromatic nitrogens is 2. The smallest absolute Gasteiger partial charge is 0.223 e. The van der Waals surface area contributed by atoms with Gasteiger partial charge in [0.1, 0.15) is 11.2 Å². The first-order valence-electron chi connectivity index (χ1n) is 4.14. The topological polar surface area (TPSA) is 68.9 Å². The molecule has 14 heavy (non-hydrogen) atoms. The Morgan fingerprint density at radius 1 is 1.57 bits per heavy atom. The van der Waals surface area contributed by atoms with Crippen LogP contribution in [0.4, 0.5) is 0 Å². The molecule has 0 aliphatic heterocycles. The minimum Gasteiger partial charge on any atom is -0.369 e. The summed E-state index contributed by atoms with van der Waals surface area (Å²) in [6, 6.07) is 0.